The highest BCUT2D eigenvalue weighted by molar-refractivity contribution is 6.30. The third-order valence-electron chi connectivity index (χ3n) is 4.25. The molecule has 132 valence electrons. The van der Waals surface area contributed by atoms with Gasteiger partial charge in [-0.15, -0.1) is 0 Å². The standard InChI is InChI=1S/C18H22ClN5O/c1-25-22-17(15-3-5-16(19)6-4-15)7-10-23-11-13-24(14-12-23)18-20-8-2-9-21-18/h2-6,8-9H,7,10-14H2,1H3/b22-17+. The maximum Gasteiger partial charge on any atom is 0.225 e. The molecule has 0 aliphatic carbocycles. The van der Waals surface area contributed by atoms with Crippen molar-refractivity contribution in [1.29, 1.82) is 0 Å². The number of piperazine rings is 1. The lowest BCUT2D eigenvalue weighted by atomic mass is 10.1. The van der Waals surface area contributed by atoms with Crippen molar-refractivity contribution >= 4 is 23.3 Å². The number of aromatic nitrogens is 2. The highest BCUT2D eigenvalue weighted by Crippen LogP contribution is 2.14. The van der Waals surface area contributed by atoms with Crippen molar-refractivity contribution in [2.75, 3.05) is 44.7 Å². The number of oxime groups is 1. The van der Waals surface area contributed by atoms with Gasteiger partial charge in [0.05, 0.1) is 5.71 Å². The largest absolute Gasteiger partial charge is 0.399 e. The van der Waals surface area contributed by atoms with Crippen LogP contribution in [-0.4, -0.2) is 60.4 Å². The Morgan fingerprint density at radius 3 is 2.44 bits per heavy atom. The zero-order chi connectivity index (χ0) is 17.5. The maximum atomic E-state index is 5.96. The summed E-state index contributed by atoms with van der Waals surface area (Å²) in [4.78, 5) is 18.3. The average Bonchev–Trinajstić information content (AvgIpc) is 2.67. The molecule has 1 aliphatic rings. The van der Waals surface area contributed by atoms with E-state index in [0.717, 1.165) is 61.4 Å². The molecule has 1 aromatic carbocycles. The van der Waals surface area contributed by atoms with Gasteiger partial charge in [-0.25, -0.2) is 9.97 Å². The molecule has 2 heterocycles. The van der Waals surface area contributed by atoms with Gasteiger partial charge in [-0.05, 0) is 23.8 Å². The Labute approximate surface area is 153 Å². The minimum absolute atomic E-state index is 0.722. The highest BCUT2D eigenvalue weighted by Gasteiger charge is 2.19. The third kappa shape index (κ3) is 4.90. The fraction of sp³-hybridized carbons (Fsp3) is 0.389. The van der Waals surface area contributed by atoms with Crippen LogP contribution in [0.15, 0.2) is 47.9 Å². The van der Waals surface area contributed by atoms with E-state index in [-0.39, 0.29) is 0 Å². The molecule has 3 rings (SSSR count). The molecule has 6 nitrogen and oxygen atoms in total. The molecule has 1 saturated heterocycles. The number of hydrogen-bond acceptors (Lipinski definition) is 6. The Balaban J connectivity index is 1.53. The van der Waals surface area contributed by atoms with Gasteiger partial charge in [0.2, 0.25) is 5.95 Å². The number of nitrogens with zero attached hydrogens (tertiary/aromatic N) is 5. The summed E-state index contributed by atoms with van der Waals surface area (Å²) in [6.45, 7) is 4.77. The summed E-state index contributed by atoms with van der Waals surface area (Å²) in [6.07, 6.45) is 4.40. The zero-order valence-electron chi connectivity index (χ0n) is 14.3. The summed E-state index contributed by atoms with van der Waals surface area (Å²) in [5, 5.41) is 4.91. The number of hydrogen-bond donors (Lipinski definition) is 0. The molecule has 0 saturated carbocycles. The Bertz CT molecular complexity index is 684. The molecular formula is C18H22ClN5O. The molecule has 0 amide bonds. The summed E-state index contributed by atoms with van der Waals surface area (Å²) < 4.78 is 0. The maximum absolute atomic E-state index is 5.96. The molecule has 1 fully saturated rings. The predicted octanol–water partition coefficient (Wildman–Crippen LogP) is 2.69. The van der Waals surface area contributed by atoms with Crippen molar-refractivity contribution in [2.24, 2.45) is 5.16 Å². The Morgan fingerprint density at radius 2 is 1.80 bits per heavy atom. The van der Waals surface area contributed by atoms with Crippen molar-refractivity contribution in [1.82, 2.24) is 14.9 Å². The van der Waals surface area contributed by atoms with Gasteiger partial charge in [0.1, 0.15) is 7.11 Å². The van der Waals surface area contributed by atoms with Crippen LogP contribution in [0.2, 0.25) is 5.02 Å². The van der Waals surface area contributed by atoms with E-state index in [1.54, 1.807) is 19.5 Å². The SMILES string of the molecule is CO/N=C(\CCN1CCN(c2ncccn2)CC1)c1ccc(Cl)cc1. The van der Waals surface area contributed by atoms with Crippen molar-refractivity contribution < 1.29 is 4.84 Å². The van der Waals surface area contributed by atoms with E-state index in [4.69, 9.17) is 16.4 Å². The molecular weight excluding hydrogens is 338 g/mol. The third-order valence-corrected chi connectivity index (χ3v) is 4.50. The van der Waals surface area contributed by atoms with E-state index in [2.05, 4.69) is 24.9 Å². The van der Waals surface area contributed by atoms with E-state index in [1.165, 1.54) is 0 Å². The Morgan fingerprint density at radius 1 is 1.12 bits per heavy atom. The summed E-state index contributed by atoms with van der Waals surface area (Å²) in [5.41, 5.74) is 1.98. The molecule has 1 aliphatic heterocycles. The monoisotopic (exact) mass is 359 g/mol. The minimum atomic E-state index is 0.722. The van der Waals surface area contributed by atoms with Gasteiger partial charge >= 0.3 is 0 Å². The smallest absolute Gasteiger partial charge is 0.225 e. The second kappa shape index (κ2) is 8.78. The van der Waals surface area contributed by atoms with Crippen LogP contribution in [0.5, 0.6) is 0 Å². The number of benzene rings is 1. The second-order valence-corrected chi connectivity index (χ2v) is 6.29. The first kappa shape index (κ1) is 17.6. The van der Waals surface area contributed by atoms with Crippen LogP contribution in [0, 0.1) is 0 Å². The molecule has 2 aromatic rings. The summed E-state index contributed by atoms with van der Waals surface area (Å²) in [5.74, 6) is 0.810. The molecule has 7 heteroatoms. The predicted molar refractivity (Wildman–Crippen MR) is 100 cm³/mol. The first-order valence-corrected chi connectivity index (χ1v) is 8.74. The second-order valence-electron chi connectivity index (χ2n) is 5.85. The van der Waals surface area contributed by atoms with Crippen LogP contribution in [0.1, 0.15) is 12.0 Å². The lowest BCUT2D eigenvalue weighted by Crippen LogP contribution is -2.47. The van der Waals surface area contributed by atoms with E-state index in [0.29, 0.717) is 0 Å². The van der Waals surface area contributed by atoms with Gasteiger partial charge in [0, 0.05) is 56.6 Å². The average molecular weight is 360 g/mol. The van der Waals surface area contributed by atoms with Crippen molar-refractivity contribution in [3.8, 4) is 0 Å². The quantitative estimate of drug-likeness (QED) is 0.586. The minimum Gasteiger partial charge on any atom is -0.399 e. The molecule has 0 spiro atoms. The molecule has 0 atom stereocenters. The number of anilines is 1. The lowest BCUT2D eigenvalue weighted by molar-refractivity contribution is 0.211. The van der Waals surface area contributed by atoms with Crippen molar-refractivity contribution in [3.63, 3.8) is 0 Å². The van der Waals surface area contributed by atoms with Gasteiger partial charge in [0.25, 0.3) is 0 Å². The summed E-state index contributed by atoms with van der Waals surface area (Å²) >= 11 is 5.96. The lowest BCUT2D eigenvalue weighted by Gasteiger charge is -2.34. The molecule has 0 unspecified atom stereocenters. The highest BCUT2D eigenvalue weighted by atomic mass is 35.5. The summed E-state index contributed by atoms with van der Waals surface area (Å²) in [7, 11) is 1.58. The van der Waals surface area contributed by atoms with Crippen LogP contribution in [0.4, 0.5) is 5.95 Å². The first-order chi connectivity index (χ1) is 12.3. The van der Waals surface area contributed by atoms with Gasteiger partial charge in [-0.3, -0.25) is 4.90 Å². The molecule has 0 bridgehead atoms. The van der Waals surface area contributed by atoms with Gasteiger partial charge < -0.3 is 9.74 Å². The van der Waals surface area contributed by atoms with Crippen LogP contribution in [-0.2, 0) is 4.84 Å². The van der Waals surface area contributed by atoms with Crippen LogP contribution < -0.4 is 4.90 Å². The van der Waals surface area contributed by atoms with Gasteiger partial charge in [-0.1, -0.05) is 28.9 Å². The fourth-order valence-electron chi connectivity index (χ4n) is 2.89. The zero-order valence-corrected chi connectivity index (χ0v) is 15.1. The van der Waals surface area contributed by atoms with E-state index in [9.17, 15) is 0 Å². The molecule has 0 radical (unpaired) electrons. The van der Waals surface area contributed by atoms with Crippen molar-refractivity contribution in [3.05, 3.63) is 53.3 Å². The van der Waals surface area contributed by atoms with Gasteiger partial charge in [-0.2, -0.15) is 0 Å². The normalized spacial score (nSPS) is 16.1. The van der Waals surface area contributed by atoms with Crippen LogP contribution in [0.25, 0.3) is 0 Å². The van der Waals surface area contributed by atoms with E-state index < -0.39 is 0 Å². The molecule has 1 aromatic heterocycles. The first-order valence-electron chi connectivity index (χ1n) is 8.36. The van der Waals surface area contributed by atoms with E-state index >= 15 is 0 Å². The topological polar surface area (TPSA) is 53.9 Å². The van der Waals surface area contributed by atoms with Crippen LogP contribution in [0.3, 0.4) is 0 Å². The molecule has 0 N–H and O–H groups in total. The summed E-state index contributed by atoms with van der Waals surface area (Å²) in [6, 6.07) is 9.55. The van der Waals surface area contributed by atoms with Crippen LogP contribution >= 0.6 is 11.6 Å². The van der Waals surface area contributed by atoms with Gasteiger partial charge in [0.15, 0.2) is 0 Å². The molecule has 25 heavy (non-hydrogen) atoms. The Hall–Kier alpha value is -2.18. The number of halogens is 1. The number of rotatable bonds is 6. The van der Waals surface area contributed by atoms with E-state index in [1.807, 2.05) is 30.3 Å². The Kier molecular flexibility index (Phi) is 6.19. The van der Waals surface area contributed by atoms with Crippen molar-refractivity contribution in [2.45, 2.75) is 6.42 Å². The fourth-order valence-corrected chi connectivity index (χ4v) is 3.01.